The Kier molecular flexibility index (Phi) is 4.43. The molecule has 0 N–H and O–H groups in total. The molecule has 0 spiro atoms. The van der Waals surface area contributed by atoms with E-state index in [1.165, 1.54) is 0 Å². The molecule has 0 saturated carbocycles. The summed E-state index contributed by atoms with van der Waals surface area (Å²) in [7, 11) is 0. The van der Waals surface area contributed by atoms with Gasteiger partial charge in [0.15, 0.2) is 5.69 Å². The van der Waals surface area contributed by atoms with E-state index in [0.717, 1.165) is 31.4 Å². The van der Waals surface area contributed by atoms with E-state index in [0.29, 0.717) is 5.69 Å². The third kappa shape index (κ3) is 3.20. The molecule has 4 heteroatoms. The van der Waals surface area contributed by atoms with Crippen LogP contribution in [0.5, 0.6) is 0 Å². The SMILES string of the molecule is [C-]#[N+]c1cc(I)cc(-n2cc(C#Cc3ccccn3)c3ccccc32)c1. The zero-order valence-electron chi connectivity index (χ0n) is 13.6. The van der Waals surface area contributed by atoms with Gasteiger partial charge in [0.05, 0.1) is 17.7 Å². The third-order valence-electron chi connectivity index (χ3n) is 3.98. The van der Waals surface area contributed by atoms with Crippen molar-refractivity contribution in [2.24, 2.45) is 0 Å². The smallest absolute Gasteiger partial charge is 0.190 e. The maximum atomic E-state index is 7.31. The lowest BCUT2D eigenvalue weighted by Crippen LogP contribution is -1.92. The Balaban J connectivity index is 1.89. The first-order valence-corrected chi connectivity index (χ1v) is 9.04. The number of benzene rings is 2. The number of pyridine rings is 1. The number of halogens is 1. The minimum atomic E-state index is 0.630. The molecular formula is C22H12IN3. The molecule has 0 amide bonds. The highest BCUT2D eigenvalue weighted by molar-refractivity contribution is 14.1. The molecule has 122 valence electrons. The van der Waals surface area contributed by atoms with Crippen LogP contribution in [-0.4, -0.2) is 9.55 Å². The topological polar surface area (TPSA) is 22.2 Å². The molecule has 3 nitrogen and oxygen atoms in total. The fourth-order valence-electron chi connectivity index (χ4n) is 2.82. The summed E-state index contributed by atoms with van der Waals surface area (Å²) in [6.45, 7) is 7.31. The van der Waals surface area contributed by atoms with Gasteiger partial charge in [0.2, 0.25) is 0 Å². The Hall–Kier alpha value is -3.09. The molecule has 0 fully saturated rings. The van der Waals surface area contributed by atoms with Gasteiger partial charge in [-0.3, -0.25) is 0 Å². The normalized spacial score (nSPS) is 10.2. The monoisotopic (exact) mass is 445 g/mol. The van der Waals surface area contributed by atoms with Crippen molar-refractivity contribution in [3.05, 3.63) is 99.3 Å². The van der Waals surface area contributed by atoms with E-state index in [-0.39, 0.29) is 0 Å². The van der Waals surface area contributed by atoms with Gasteiger partial charge in [-0.15, -0.1) is 0 Å². The minimum Gasteiger partial charge on any atom is -0.316 e. The zero-order chi connectivity index (χ0) is 17.9. The standard InChI is InChI=1S/C22H12IN3/c1-24-19-12-17(23)13-20(14-19)26-15-16(21-7-2-3-8-22(21)26)9-10-18-6-4-5-11-25-18/h2-8,11-15H. The van der Waals surface area contributed by atoms with Crippen molar-refractivity contribution in [1.82, 2.24) is 9.55 Å². The Bertz CT molecular complexity index is 1210. The summed E-state index contributed by atoms with van der Waals surface area (Å²) in [5, 5.41) is 1.08. The number of fused-ring (bicyclic) bond motifs is 1. The van der Waals surface area contributed by atoms with Gasteiger partial charge in [0, 0.05) is 27.0 Å². The van der Waals surface area contributed by atoms with Crippen LogP contribution < -0.4 is 0 Å². The summed E-state index contributed by atoms with van der Waals surface area (Å²) in [6.07, 6.45) is 3.77. The zero-order valence-corrected chi connectivity index (χ0v) is 15.8. The van der Waals surface area contributed by atoms with Gasteiger partial charge in [-0.05, 0) is 64.9 Å². The molecule has 26 heavy (non-hydrogen) atoms. The minimum absolute atomic E-state index is 0.630. The maximum Gasteiger partial charge on any atom is 0.190 e. The molecule has 0 unspecified atom stereocenters. The van der Waals surface area contributed by atoms with Crippen molar-refractivity contribution >= 4 is 39.2 Å². The number of hydrogen-bond donors (Lipinski definition) is 0. The molecule has 4 aromatic rings. The van der Waals surface area contributed by atoms with Crippen LogP contribution >= 0.6 is 22.6 Å². The first kappa shape index (κ1) is 16.4. The Morgan fingerprint density at radius 1 is 1.00 bits per heavy atom. The van der Waals surface area contributed by atoms with E-state index < -0.39 is 0 Å². The molecule has 0 aliphatic heterocycles. The Labute approximate surface area is 165 Å². The first-order chi connectivity index (χ1) is 12.7. The molecule has 2 aromatic carbocycles. The second-order valence-corrected chi connectivity index (χ2v) is 6.92. The molecule has 0 bridgehead atoms. The van der Waals surface area contributed by atoms with Crippen molar-refractivity contribution in [1.29, 1.82) is 0 Å². The van der Waals surface area contributed by atoms with Gasteiger partial charge < -0.3 is 4.57 Å². The van der Waals surface area contributed by atoms with Crippen LogP contribution in [0.1, 0.15) is 11.3 Å². The number of nitrogens with zero attached hydrogens (tertiary/aromatic N) is 3. The van der Waals surface area contributed by atoms with Gasteiger partial charge in [-0.25, -0.2) is 9.83 Å². The predicted molar refractivity (Wildman–Crippen MR) is 112 cm³/mol. The van der Waals surface area contributed by atoms with Crippen molar-refractivity contribution < 1.29 is 0 Å². The van der Waals surface area contributed by atoms with E-state index in [4.69, 9.17) is 6.57 Å². The lowest BCUT2D eigenvalue weighted by Gasteiger charge is -2.07. The second kappa shape index (κ2) is 7.03. The van der Waals surface area contributed by atoms with Crippen LogP contribution in [0.2, 0.25) is 0 Å². The molecular weight excluding hydrogens is 433 g/mol. The van der Waals surface area contributed by atoms with E-state index in [9.17, 15) is 0 Å². The highest BCUT2D eigenvalue weighted by Gasteiger charge is 2.09. The summed E-state index contributed by atoms with van der Waals surface area (Å²) in [5.74, 6) is 6.37. The predicted octanol–water partition coefficient (Wildman–Crippen LogP) is 5.58. The molecule has 0 radical (unpaired) electrons. The van der Waals surface area contributed by atoms with Gasteiger partial charge in [-0.1, -0.05) is 30.2 Å². The summed E-state index contributed by atoms with van der Waals surface area (Å²) in [5.41, 5.74) is 4.34. The Morgan fingerprint density at radius 3 is 2.65 bits per heavy atom. The summed E-state index contributed by atoms with van der Waals surface area (Å²) >= 11 is 2.24. The molecule has 0 saturated heterocycles. The van der Waals surface area contributed by atoms with E-state index >= 15 is 0 Å². The number of rotatable bonds is 1. The van der Waals surface area contributed by atoms with Crippen LogP contribution in [0, 0.1) is 22.0 Å². The fourth-order valence-corrected chi connectivity index (χ4v) is 3.46. The fraction of sp³-hybridized carbons (Fsp3) is 0. The van der Waals surface area contributed by atoms with Crippen molar-refractivity contribution in [2.45, 2.75) is 0 Å². The molecule has 2 aromatic heterocycles. The molecule has 4 rings (SSSR count). The molecule has 0 atom stereocenters. The van der Waals surface area contributed by atoms with E-state index in [1.54, 1.807) is 6.20 Å². The number of hydrogen-bond acceptors (Lipinski definition) is 1. The van der Waals surface area contributed by atoms with Gasteiger partial charge >= 0.3 is 0 Å². The van der Waals surface area contributed by atoms with Gasteiger partial charge in [0.1, 0.15) is 5.69 Å². The average Bonchev–Trinajstić information content (AvgIpc) is 3.05. The van der Waals surface area contributed by atoms with E-state index in [2.05, 4.69) is 67.0 Å². The molecule has 0 aliphatic carbocycles. The van der Waals surface area contributed by atoms with Crippen molar-refractivity contribution in [3.63, 3.8) is 0 Å². The lowest BCUT2D eigenvalue weighted by atomic mass is 10.2. The van der Waals surface area contributed by atoms with Crippen LogP contribution in [0.25, 0.3) is 21.4 Å². The quantitative estimate of drug-likeness (QED) is 0.213. The van der Waals surface area contributed by atoms with Crippen LogP contribution in [0.15, 0.2) is 73.1 Å². The molecule has 2 heterocycles. The first-order valence-electron chi connectivity index (χ1n) is 7.96. The summed E-state index contributed by atoms with van der Waals surface area (Å²) in [6, 6.07) is 19.7. The van der Waals surface area contributed by atoms with Gasteiger partial charge in [0.25, 0.3) is 0 Å². The maximum absolute atomic E-state index is 7.31. The van der Waals surface area contributed by atoms with Crippen molar-refractivity contribution in [3.8, 4) is 17.5 Å². The Morgan fingerprint density at radius 2 is 1.85 bits per heavy atom. The third-order valence-corrected chi connectivity index (χ3v) is 4.60. The molecule has 0 aliphatic rings. The number of para-hydroxylation sites is 1. The highest BCUT2D eigenvalue weighted by atomic mass is 127. The summed E-state index contributed by atoms with van der Waals surface area (Å²) < 4.78 is 3.12. The van der Waals surface area contributed by atoms with Crippen LogP contribution in [0.4, 0.5) is 5.69 Å². The lowest BCUT2D eigenvalue weighted by molar-refractivity contribution is 1.12. The van der Waals surface area contributed by atoms with E-state index in [1.807, 2.05) is 48.7 Å². The largest absolute Gasteiger partial charge is 0.316 e. The van der Waals surface area contributed by atoms with Crippen LogP contribution in [-0.2, 0) is 0 Å². The van der Waals surface area contributed by atoms with Crippen LogP contribution in [0.3, 0.4) is 0 Å². The number of aromatic nitrogens is 2. The average molecular weight is 445 g/mol. The van der Waals surface area contributed by atoms with Gasteiger partial charge in [-0.2, -0.15) is 0 Å². The second-order valence-electron chi connectivity index (χ2n) is 5.67. The van der Waals surface area contributed by atoms with Crippen molar-refractivity contribution in [2.75, 3.05) is 0 Å². The highest BCUT2D eigenvalue weighted by Crippen LogP contribution is 2.28. The summed E-state index contributed by atoms with van der Waals surface area (Å²) in [4.78, 5) is 7.83.